The van der Waals surface area contributed by atoms with Gasteiger partial charge in [0.25, 0.3) is 0 Å². The second-order valence-corrected chi connectivity index (χ2v) is 11.8. The maximum Gasteiger partial charge on any atom is 0.123 e. The van der Waals surface area contributed by atoms with E-state index in [1.54, 1.807) is 12.1 Å². The Hall–Kier alpha value is -3.76. The third-order valence-corrected chi connectivity index (χ3v) is 6.75. The predicted octanol–water partition coefficient (Wildman–Crippen LogP) is 7.36. The molecule has 0 amide bonds. The number of aromatic hydroxyl groups is 1. The summed E-state index contributed by atoms with van der Waals surface area (Å²) >= 11 is 0. The Morgan fingerprint density at radius 2 is 1.19 bits per heavy atom. The van der Waals surface area contributed by atoms with Gasteiger partial charge in [-0.2, -0.15) is 10.5 Å². The van der Waals surface area contributed by atoms with Crippen molar-refractivity contribution in [2.45, 2.75) is 64.2 Å². The summed E-state index contributed by atoms with van der Waals surface area (Å²) < 4.78 is 0. The van der Waals surface area contributed by atoms with Crippen molar-refractivity contribution in [2.24, 2.45) is 0 Å². The monoisotopic (exact) mass is 479 g/mol. The van der Waals surface area contributed by atoms with Crippen molar-refractivity contribution in [3.63, 3.8) is 0 Å². The minimum absolute atomic E-state index is 0.262. The molecule has 1 N–H and O–H groups in total. The van der Waals surface area contributed by atoms with Gasteiger partial charge in [-0.1, -0.05) is 77.9 Å². The molecule has 0 saturated carbocycles. The lowest BCUT2D eigenvalue weighted by Crippen LogP contribution is -2.20. The first kappa shape index (κ1) is 26.8. The SMILES string of the molecule is CN(C)c1ccc(C(c2cc(C(C)(C)C)c(O)c(C(C)(C)C)c2)C(C#N)c2ccc(C#N)cc2)cc1. The van der Waals surface area contributed by atoms with E-state index >= 15 is 0 Å². The molecule has 3 aromatic carbocycles. The molecule has 186 valence electrons. The van der Waals surface area contributed by atoms with Gasteiger partial charge < -0.3 is 10.0 Å². The van der Waals surface area contributed by atoms with Gasteiger partial charge in [0.15, 0.2) is 0 Å². The zero-order valence-electron chi connectivity index (χ0n) is 22.7. The summed E-state index contributed by atoms with van der Waals surface area (Å²) in [6.07, 6.45) is 0. The van der Waals surface area contributed by atoms with Gasteiger partial charge in [0.2, 0.25) is 0 Å². The average molecular weight is 480 g/mol. The molecule has 0 aliphatic rings. The Morgan fingerprint density at radius 3 is 1.58 bits per heavy atom. The second kappa shape index (κ2) is 10.1. The number of phenolic OH excluding ortho intramolecular Hbond substituents is 1. The fourth-order valence-corrected chi connectivity index (χ4v) is 4.64. The fourth-order valence-electron chi connectivity index (χ4n) is 4.64. The Labute approximate surface area is 216 Å². The van der Waals surface area contributed by atoms with Crippen LogP contribution in [0.3, 0.4) is 0 Å². The van der Waals surface area contributed by atoms with E-state index in [4.69, 9.17) is 0 Å². The van der Waals surface area contributed by atoms with Crippen molar-refractivity contribution >= 4 is 5.69 Å². The highest BCUT2D eigenvalue weighted by Gasteiger charge is 2.32. The van der Waals surface area contributed by atoms with E-state index < -0.39 is 5.92 Å². The largest absolute Gasteiger partial charge is 0.507 e. The number of hydrogen-bond donors (Lipinski definition) is 1. The number of hydrogen-bond acceptors (Lipinski definition) is 4. The van der Waals surface area contributed by atoms with Crippen molar-refractivity contribution in [1.82, 2.24) is 0 Å². The topological polar surface area (TPSA) is 71.0 Å². The smallest absolute Gasteiger partial charge is 0.123 e. The number of benzene rings is 3. The maximum absolute atomic E-state index is 11.3. The molecular weight excluding hydrogens is 442 g/mol. The van der Waals surface area contributed by atoms with Crippen molar-refractivity contribution in [3.8, 4) is 17.9 Å². The molecule has 3 rings (SSSR count). The molecule has 0 aliphatic heterocycles. The number of nitriles is 2. The summed E-state index contributed by atoms with van der Waals surface area (Å²) in [5, 5.41) is 31.0. The van der Waals surface area contributed by atoms with Crippen LogP contribution in [0.15, 0.2) is 60.7 Å². The van der Waals surface area contributed by atoms with Gasteiger partial charge in [0, 0.05) is 25.7 Å². The summed E-state index contributed by atoms with van der Waals surface area (Å²) in [5.41, 5.74) is 5.72. The molecule has 0 bridgehead atoms. The van der Waals surface area contributed by atoms with E-state index in [2.05, 4.69) is 95.0 Å². The lowest BCUT2D eigenvalue weighted by Gasteiger charge is -2.31. The number of phenols is 1. The van der Waals surface area contributed by atoms with Gasteiger partial charge >= 0.3 is 0 Å². The minimum Gasteiger partial charge on any atom is -0.507 e. The van der Waals surface area contributed by atoms with Crippen LogP contribution in [-0.2, 0) is 10.8 Å². The molecule has 2 atom stereocenters. The first-order valence-corrected chi connectivity index (χ1v) is 12.3. The summed E-state index contributed by atoms with van der Waals surface area (Å²) in [7, 11) is 4.01. The molecule has 4 heteroatoms. The lowest BCUT2D eigenvalue weighted by molar-refractivity contribution is 0.422. The quantitative estimate of drug-likeness (QED) is 0.415. The third kappa shape index (κ3) is 5.55. The molecule has 0 spiro atoms. The van der Waals surface area contributed by atoms with Crippen LogP contribution >= 0.6 is 0 Å². The number of nitrogens with zero attached hydrogens (tertiary/aromatic N) is 3. The molecule has 2 unspecified atom stereocenters. The first-order chi connectivity index (χ1) is 16.8. The highest BCUT2D eigenvalue weighted by atomic mass is 16.3. The molecule has 4 nitrogen and oxygen atoms in total. The Bertz CT molecular complexity index is 1260. The van der Waals surface area contributed by atoms with E-state index in [-0.39, 0.29) is 16.7 Å². The van der Waals surface area contributed by atoms with E-state index in [1.165, 1.54) is 0 Å². The van der Waals surface area contributed by atoms with Gasteiger partial charge in [-0.25, -0.2) is 0 Å². The van der Waals surface area contributed by atoms with Crippen molar-refractivity contribution < 1.29 is 5.11 Å². The van der Waals surface area contributed by atoms with Gasteiger partial charge in [-0.3, -0.25) is 0 Å². The van der Waals surface area contributed by atoms with Crippen molar-refractivity contribution in [3.05, 3.63) is 94.0 Å². The van der Waals surface area contributed by atoms with Gasteiger partial charge in [0.1, 0.15) is 5.75 Å². The first-order valence-electron chi connectivity index (χ1n) is 12.3. The highest BCUT2D eigenvalue weighted by Crippen LogP contribution is 2.45. The van der Waals surface area contributed by atoms with Crippen LogP contribution < -0.4 is 4.90 Å². The van der Waals surface area contributed by atoms with Crippen LogP contribution in [0.4, 0.5) is 5.69 Å². The molecule has 36 heavy (non-hydrogen) atoms. The van der Waals surface area contributed by atoms with Gasteiger partial charge in [-0.15, -0.1) is 0 Å². The van der Waals surface area contributed by atoms with Gasteiger partial charge in [0.05, 0.1) is 23.6 Å². The van der Waals surface area contributed by atoms with Crippen LogP contribution in [0.5, 0.6) is 5.75 Å². The van der Waals surface area contributed by atoms with Crippen LogP contribution in [0.2, 0.25) is 0 Å². The summed E-state index contributed by atoms with van der Waals surface area (Å²) in [4.78, 5) is 2.05. The number of anilines is 1. The number of rotatable bonds is 5. The maximum atomic E-state index is 11.3. The molecule has 0 aromatic heterocycles. The lowest BCUT2D eigenvalue weighted by atomic mass is 9.72. The molecule has 0 radical (unpaired) electrons. The minimum atomic E-state index is -0.479. The summed E-state index contributed by atoms with van der Waals surface area (Å²) in [6.45, 7) is 12.6. The van der Waals surface area contributed by atoms with Gasteiger partial charge in [-0.05, 0) is 62.9 Å². The zero-order valence-corrected chi connectivity index (χ0v) is 22.7. The molecule has 0 heterocycles. The highest BCUT2D eigenvalue weighted by molar-refractivity contribution is 5.55. The Kier molecular flexibility index (Phi) is 7.51. The zero-order chi connectivity index (χ0) is 26.8. The summed E-state index contributed by atoms with van der Waals surface area (Å²) in [6, 6.07) is 24.5. The third-order valence-electron chi connectivity index (χ3n) is 6.75. The molecular formula is C32H37N3O. The standard InChI is InChI=1S/C32H37N3O/c1-31(2,3)27-17-24(18-28(30(27)36)32(4,5)6)29(23-13-15-25(16-14-23)35(7)8)26(20-34)22-11-9-21(19-33)10-12-22/h9-18,26,29,36H,1-8H3. The van der Waals surface area contributed by atoms with Crippen LogP contribution in [0.25, 0.3) is 0 Å². The Balaban J connectivity index is 2.33. The van der Waals surface area contributed by atoms with Crippen molar-refractivity contribution in [1.29, 1.82) is 10.5 Å². The van der Waals surface area contributed by atoms with E-state index in [0.29, 0.717) is 11.3 Å². The van der Waals surface area contributed by atoms with Crippen LogP contribution in [0.1, 0.15) is 86.8 Å². The van der Waals surface area contributed by atoms with E-state index in [0.717, 1.165) is 33.5 Å². The normalized spacial score (nSPS) is 13.4. The predicted molar refractivity (Wildman–Crippen MR) is 148 cm³/mol. The second-order valence-electron chi connectivity index (χ2n) is 11.8. The van der Waals surface area contributed by atoms with Crippen LogP contribution in [-0.4, -0.2) is 19.2 Å². The molecule has 3 aromatic rings. The average Bonchev–Trinajstić information content (AvgIpc) is 2.81. The van der Waals surface area contributed by atoms with E-state index in [9.17, 15) is 15.6 Å². The van der Waals surface area contributed by atoms with Crippen LogP contribution in [0, 0.1) is 22.7 Å². The Morgan fingerprint density at radius 1 is 0.722 bits per heavy atom. The van der Waals surface area contributed by atoms with Crippen molar-refractivity contribution in [2.75, 3.05) is 19.0 Å². The van der Waals surface area contributed by atoms with E-state index in [1.807, 2.05) is 26.2 Å². The molecule has 0 saturated heterocycles. The summed E-state index contributed by atoms with van der Waals surface area (Å²) in [5.74, 6) is -0.414. The molecule has 0 fully saturated rings. The molecule has 0 aliphatic carbocycles. The fraction of sp³-hybridized carbons (Fsp3) is 0.375.